The Morgan fingerprint density at radius 2 is 1.81 bits per heavy atom. The Kier molecular flexibility index (Phi) is 2.77. The number of phenolic OH excluding ortho intramolecular Hbond substituents is 1. The molecule has 0 saturated carbocycles. The van der Waals surface area contributed by atoms with Crippen molar-refractivity contribution in [3.8, 4) is 5.75 Å². The summed E-state index contributed by atoms with van der Waals surface area (Å²) in [5, 5.41) is 9.46. The molecule has 1 aliphatic heterocycles. The minimum absolute atomic E-state index is 0.213. The van der Waals surface area contributed by atoms with E-state index in [1.165, 1.54) is 0 Å². The molecule has 3 nitrogen and oxygen atoms in total. The summed E-state index contributed by atoms with van der Waals surface area (Å²) in [5.41, 5.74) is -0.683. The Morgan fingerprint density at radius 3 is 2.31 bits per heavy atom. The fourth-order valence-corrected chi connectivity index (χ4v) is 1.46. The highest BCUT2D eigenvalue weighted by Gasteiger charge is 2.32. The van der Waals surface area contributed by atoms with Crippen LogP contribution in [0.3, 0.4) is 0 Å². The van der Waals surface area contributed by atoms with Crippen LogP contribution in [-0.2, 0) is 15.7 Å². The van der Waals surface area contributed by atoms with E-state index < -0.39 is 23.8 Å². The molecule has 0 spiro atoms. The first-order chi connectivity index (χ1) is 7.48. The van der Waals surface area contributed by atoms with Gasteiger partial charge in [-0.25, -0.2) is 0 Å². The minimum Gasteiger partial charge on any atom is -0.507 e. The Balaban J connectivity index is 2.29. The van der Waals surface area contributed by atoms with Gasteiger partial charge < -0.3 is 14.6 Å². The molecule has 0 atom stereocenters. The van der Waals surface area contributed by atoms with Crippen molar-refractivity contribution >= 4 is 0 Å². The van der Waals surface area contributed by atoms with E-state index in [2.05, 4.69) is 0 Å². The van der Waals surface area contributed by atoms with Crippen molar-refractivity contribution in [1.29, 1.82) is 0 Å². The maximum atomic E-state index is 12.3. The van der Waals surface area contributed by atoms with Gasteiger partial charge in [0, 0.05) is 5.56 Å². The van der Waals surface area contributed by atoms with E-state index in [-0.39, 0.29) is 5.56 Å². The molecule has 1 N–H and O–H groups in total. The predicted octanol–water partition coefficient (Wildman–Crippen LogP) is 2.46. The van der Waals surface area contributed by atoms with E-state index in [9.17, 15) is 18.3 Å². The third-order valence-electron chi connectivity index (χ3n) is 2.23. The number of ether oxygens (including phenoxy) is 2. The highest BCUT2D eigenvalue weighted by Crippen LogP contribution is 2.36. The molecule has 1 aromatic carbocycles. The number of aromatic hydroxyl groups is 1. The molecule has 1 aromatic rings. The first-order valence-electron chi connectivity index (χ1n) is 4.62. The Morgan fingerprint density at radius 1 is 1.19 bits per heavy atom. The van der Waals surface area contributed by atoms with Crippen molar-refractivity contribution < 1.29 is 27.8 Å². The normalized spacial score (nSPS) is 17.9. The Hall–Kier alpha value is -1.27. The van der Waals surface area contributed by atoms with Gasteiger partial charge >= 0.3 is 6.18 Å². The molecule has 0 unspecified atom stereocenters. The van der Waals surface area contributed by atoms with Crippen LogP contribution in [0.15, 0.2) is 18.2 Å². The molecule has 0 bridgehead atoms. The number of benzene rings is 1. The number of rotatable bonds is 1. The van der Waals surface area contributed by atoms with E-state index in [0.29, 0.717) is 19.3 Å². The van der Waals surface area contributed by atoms with Crippen molar-refractivity contribution in [2.45, 2.75) is 12.5 Å². The highest BCUT2D eigenvalue weighted by atomic mass is 19.4. The molecule has 16 heavy (non-hydrogen) atoms. The first-order valence-corrected chi connectivity index (χ1v) is 4.62. The summed E-state index contributed by atoms with van der Waals surface area (Å²) in [7, 11) is 0. The van der Waals surface area contributed by atoms with E-state index in [1.807, 2.05) is 0 Å². The lowest BCUT2D eigenvalue weighted by molar-refractivity contribution is -0.137. The SMILES string of the molecule is Oc1cc(C(F)(F)F)ccc1C1OCCO1. The lowest BCUT2D eigenvalue weighted by Gasteiger charge is -2.13. The van der Waals surface area contributed by atoms with Crippen molar-refractivity contribution in [2.24, 2.45) is 0 Å². The molecular formula is C10H9F3O3. The topological polar surface area (TPSA) is 38.7 Å². The van der Waals surface area contributed by atoms with Crippen LogP contribution in [0, 0.1) is 0 Å². The molecule has 0 aromatic heterocycles. The van der Waals surface area contributed by atoms with E-state index in [0.717, 1.165) is 12.1 Å². The molecule has 6 heteroatoms. The number of hydrogen-bond acceptors (Lipinski definition) is 3. The third kappa shape index (κ3) is 2.12. The summed E-state index contributed by atoms with van der Waals surface area (Å²) in [4.78, 5) is 0. The van der Waals surface area contributed by atoms with Crippen LogP contribution in [0.2, 0.25) is 0 Å². The predicted molar refractivity (Wildman–Crippen MR) is 47.8 cm³/mol. The fraction of sp³-hybridized carbons (Fsp3) is 0.400. The van der Waals surface area contributed by atoms with Gasteiger partial charge in [-0.05, 0) is 18.2 Å². The number of halogens is 3. The molecule has 0 radical (unpaired) electrons. The molecule has 1 saturated heterocycles. The smallest absolute Gasteiger partial charge is 0.416 e. The van der Waals surface area contributed by atoms with Crippen LogP contribution in [0.4, 0.5) is 13.2 Å². The summed E-state index contributed by atoms with van der Waals surface area (Å²) in [6.45, 7) is 0.732. The van der Waals surface area contributed by atoms with Gasteiger partial charge in [0.05, 0.1) is 18.8 Å². The van der Waals surface area contributed by atoms with Crippen molar-refractivity contribution in [3.63, 3.8) is 0 Å². The van der Waals surface area contributed by atoms with Gasteiger partial charge in [0.1, 0.15) is 5.75 Å². The van der Waals surface area contributed by atoms with Gasteiger partial charge in [0.2, 0.25) is 0 Å². The highest BCUT2D eigenvalue weighted by molar-refractivity contribution is 5.38. The second-order valence-electron chi connectivity index (χ2n) is 3.34. The van der Waals surface area contributed by atoms with Crippen LogP contribution >= 0.6 is 0 Å². The van der Waals surface area contributed by atoms with Gasteiger partial charge in [0.25, 0.3) is 0 Å². The summed E-state index contributed by atoms with van der Waals surface area (Å²) in [5.74, 6) is -0.471. The van der Waals surface area contributed by atoms with Crippen LogP contribution in [0.5, 0.6) is 5.75 Å². The quantitative estimate of drug-likeness (QED) is 0.811. The third-order valence-corrected chi connectivity index (χ3v) is 2.23. The van der Waals surface area contributed by atoms with Gasteiger partial charge in [-0.2, -0.15) is 13.2 Å². The standard InChI is InChI=1S/C10H9F3O3/c11-10(12,13)6-1-2-7(8(14)5-6)9-15-3-4-16-9/h1-2,5,9,14H,3-4H2. The monoisotopic (exact) mass is 234 g/mol. The largest absolute Gasteiger partial charge is 0.507 e. The minimum atomic E-state index is -4.46. The zero-order valence-electron chi connectivity index (χ0n) is 8.12. The van der Waals surface area contributed by atoms with Crippen molar-refractivity contribution in [1.82, 2.24) is 0 Å². The molecule has 0 aliphatic carbocycles. The Labute approximate surface area is 89.4 Å². The van der Waals surface area contributed by atoms with Gasteiger partial charge in [0.15, 0.2) is 6.29 Å². The molecule has 1 fully saturated rings. The summed E-state index contributed by atoms with van der Waals surface area (Å²) in [6, 6.07) is 2.72. The number of hydrogen-bond donors (Lipinski definition) is 1. The van der Waals surface area contributed by atoms with E-state index in [4.69, 9.17) is 9.47 Å². The maximum Gasteiger partial charge on any atom is 0.416 e. The average molecular weight is 234 g/mol. The second kappa shape index (κ2) is 3.95. The summed E-state index contributed by atoms with van der Waals surface area (Å²) in [6.07, 6.45) is -5.24. The number of alkyl halides is 3. The van der Waals surface area contributed by atoms with E-state index >= 15 is 0 Å². The molecular weight excluding hydrogens is 225 g/mol. The lowest BCUT2D eigenvalue weighted by atomic mass is 10.1. The fourth-order valence-electron chi connectivity index (χ4n) is 1.46. The summed E-state index contributed by atoms with van der Waals surface area (Å²) >= 11 is 0. The van der Waals surface area contributed by atoms with Gasteiger partial charge in [-0.1, -0.05) is 0 Å². The number of phenols is 1. The van der Waals surface area contributed by atoms with Gasteiger partial charge in [-0.15, -0.1) is 0 Å². The molecule has 88 valence electrons. The first kappa shape index (κ1) is 11.2. The van der Waals surface area contributed by atoms with Crippen LogP contribution in [-0.4, -0.2) is 18.3 Å². The van der Waals surface area contributed by atoms with E-state index in [1.54, 1.807) is 0 Å². The van der Waals surface area contributed by atoms with Crippen molar-refractivity contribution in [3.05, 3.63) is 29.3 Å². The summed E-state index contributed by atoms with van der Waals surface area (Å²) < 4.78 is 47.1. The lowest BCUT2D eigenvalue weighted by Crippen LogP contribution is -2.06. The van der Waals surface area contributed by atoms with Crippen LogP contribution in [0.25, 0.3) is 0 Å². The van der Waals surface area contributed by atoms with Gasteiger partial charge in [-0.3, -0.25) is 0 Å². The average Bonchev–Trinajstić information content (AvgIpc) is 2.69. The van der Waals surface area contributed by atoms with Crippen molar-refractivity contribution in [2.75, 3.05) is 13.2 Å². The maximum absolute atomic E-state index is 12.3. The van der Waals surface area contributed by atoms with Crippen LogP contribution in [0.1, 0.15) is 17.4 Å². The zero-order valence-corrected chi connectivity index (χ0v) is 8.12. The molecule has 2 rings (SSSR count). The molecule has 1 heterocycles. The Bertz CT molecular complexity index is 383. The molecule has 1 aliphatic rings. The molecule has 0 amide bonds. The van der Waals surface area contributed by atoms with Crippen LogP contribution < -0.4 is 0 Å². The second-order valence-corrected chi connectivity index (χ2v) is 3.34. The zero-order chi connectivity index (χ0) is 11.8.